The van der Waals surface area contributed by atoms with Crippen molar-refractivity contribution in [3.05, 3.63) is 83.6 Å². The minimum absolute atomic E-state index is 0.0185. The van der Waals surface area contributed by atoms with E-state index in [1.807, 2.05) is 29.7 Å². The highest BCUT2D eigenvalue weighted by molar-refractivity contribution is 7.87. The molecule has 68 heavy (non-hydrogen) atoms. The minimum atomic E-state index is -5.14. The van der Waals surface area contributed by atoms with Crippen LogP contribution in [0.5, 0.6) is 0 Å². The van der Waals surface area contributed by atoms with E-state index < -0.39 is 98.8 Å². The van der Waals surface area contributed by atoms with E-state index in [1.54, 1.807) is 31.2 Å². The first-order valence-corrected chi connectivity index (χ1v) is 28.5. The van der Waals surface area contributed by atoms with E-state index in [4.69, 9.17) is 4.74 Å². The average Bonchev–Trinajstić information content (AvgIpc) is 3.60. The number of nitrogens with zero attached hydrogens (tertiary/aromatic N) is 2. The first-order chi connectivity index (χ1) is 31.4. The van der Waals surface area contributed by atoms with Gasteiger partial charge in [-0.3, -0.25) is 27.6 Å². The Balaban J connectivity index is 1.62. The number of benzene rings is 4. The molecular formula is C43H52N2O18S5. The van der Waals surface area contributed by atoms with Gasteiger partial charge in [0.15, 0.2) is 0 Å². The summed E-state index contributed by atoms with van der Waals surface area (Å²) in [6.07, 6.45) is 6.29. The van der Waals surface area contributed by atoms with Crippen LogP contribution in [0.1, 0.15) is 76.8 Å². The fraction of sp³-hybridized carbons (Fsp3) is 0.419. The smallest absolute Gasteiger partial charge is 0.303 e. The number of carboxylic acid groups (broad SMARTS) is 1. The fourth-order valence-electron chi connectivity index (χ4n) is 9.91. The number of hydrogen-bond acceptors (Lipinski definition) is 14. The number of unbranched alkanes of at least 4 members (excludes halogenated alkanes) is 2. The topological polar surface area (TPSA) is 325 Å². The van der Waals surface area contributed by atoms with Crippen LogP contribution in [0.15, 0.2) is 92.0 Å². The molecule has 0 bridgehead atoms. The predicted molar refractivity (Wildman–Crippen MR) is 251 cm³/mol. The Bertz CT molecular complexity index is 3340. The van der Waals surface area contributed by atoms with Crippen molar-refractivity contribution >= 4 is 89.5 Å². The zero-order chi connectivity index (χ0) is 50.6. The van der Waals surface area contributed by atoms with Gasteiger partial charge in [0.2, 0.25) is 0 Å². The van der Waals surface area contributed by atoms with Crippen molar-refractivity contribution < 1.29 is 79.5 Å². The lowest BCUT2D eigenvalue weighted by atomic mass is 9.73. The number of carboxylic acids is 1. The molecule has 2 heterocycles. The number of methoxy groups -OCH3 is 1. The summed E-state index contributed by atoms with van der Waals surface area (Å²) in [5.74, 6) is -1.70. The van der Waals surface area contributed by atoms with E-state index in [2.05, 4.69) is 0 Å². The highest BCUT2D eigenvalue weighted by Crippen LogP contribution is 2.55. The summed E-state index contributed by atoms with van der Waals surface area (Å²) in [4.78, 5) is 11.9. The molecule has 2 aliphatic rings. The molecular weight excluding hydrogens is 993 g/mol. The second kappa shape index (κ2) is 19.0. The molecule has 25 heteroatoms. The van der Waals surface area contributed by atoms with Gasteiger partial charge in [-0.15, -0.1) is 0 Å². The third kappa shape index (κ3) is 10.5. The SMILES string of the molecule is CCN1c2ccc3c(S(=O)(=O)O)cc(S(=O)(=O)O)cc3c2C(C)(CCOC)C1C=CC=C1N(CCCCCC(=O)O)c2ccc3c(S(=O)(=O)O)cc(S(=O)(=O)O)cc3c2C1(C)CCCS(=O)(=O)O. The number of hydrogen-bond donors (Lipinski definition) is 6. The lowest BCUT2D eigenvalue weighted by Crippen LogP contribution is -2.42. The Morgan fingerprint density at radius 1 is 0.691 bits per heavy atom. The first kappa shape index (κ1) is 52.8. The van der Waals surface area contributed by atoms with Crippen LogP contribution in [0.3, 0.4) is 0 Å². The minimum Gasteiger partial charge on any atom is -0.481 e. The summed E-state index contributed by atoms with van der Waals surface area (Å²) in [5.41, 5.74) is -0.173. The molecule has 4 aromatic rings. The van der Waals surface area contributed by atoms with Gasteiger partial charge < -0.3 is 19.6 Å². The number of fused-ring (bicyclic) bond motifs is 6. The molecule has 0 aliphatic carbocycles. The summed E-state index contributed by atoms with van der Waals surface area (Å²) < 4.78 is 182. The summed E-state index contributed by atoms with van der Waals surface area (Å²) in [6.45, 7) is 6.11. The molecule has 6 rings (SSSR count). The zero-order valence-corrected chi connectivity index (χ0v) is 41.3. The van der Waals surface area contributed by atoms with Crippen LogP contribution in [0.4, 0.5) is 11.4 Å². The van der Waals surface area contributed by atoms with E-state index in [0.717, 1.165) is 12.1 Å². The van der Waals surface area contributed by atoms with Crippen molar-refractivity contribution in [3.63, 3.8) is 0 Å². The fourth-order valence-corrected chi connectivity index (χ4v) is 13.1. The molecule has 20 nitrogen and oxygen atoms in total. The van der Waals surface area contributed by atoms with Gasteiger partial charge in [0.05, 0.1) is 21.6 Å². The van der Waals surface area contributed by atoms with Gasteiger partial charge in [-0.05, 0) is 110 Å². The summed E-state index contributed by atoms with van der Waals surface area (Å²) in [6, 6.07) is 8.80. The van der Waals surface area contributed by atoms with Crippen LogP contribution in [0.25, 0.3) is 21.5 Å². The Hall–Kier alpha value is -4.54. The number of ether oxygens (including phenoxy) is 1. The molecule has 3 atom stereocenters. The molecule has 0 saturated heterocycles. The Morgan fingerprint density at radius 2 is 1.24 bits per heavy atom. The zero-order valence-electron chi connectivity index (χ0n) is 37.2. The molecule has 372 valence electrons. The molecule has 0 aromatic heterocycles. The normalized spacial score (nSPS) is 20.8. The highest BCUT2D eigenvalue weighted by atomic mass is 32.2. The van der Waals surface area contributed by atoms with Crippen LogP contribution in [-0.4, -0.2) is 115 Å². The quantitative estimate of drug-likeness (QED) is 0.0436. The van der Waals surface area contributed by atoms with Crippen LogP contribution < -0.4 is 9.80 Å². The van der Waals surface area contributed by atoms with Gasteiger partial charge in [-0.1, -0.05) is 37.6 Å². The van der Waals surface area contributed by atoms with E-state index >= 15 is 0 Å². The van der Waals surface area contributed by atoms with E-state index in [9.17, 15) is 74.8 Å². The number of aliphatic carboxylic acids is 1. The number of anilines is 2. The van der Waals surface area contributed by atoms with Crippen LogP contribution in [-0.2, 0) is 71.0 Å². The maximum Gasteiger partial charge on any atom is 0.303 e. The van der Waals surface area contributed by atoms with Gasteiger partial charge in [0.1, 0.15) is 9.79 Å². The summed E-state index contributed by atoms with van der Waals surface area (Å²) >= 11 is 0. The summed E-state index contributed by atoms with van der Waals surface area (Å²) in [7, 11) is -23.3. The lowest BCUT2D eigenvalue weighted by Gasteiger charge is -2.35. The Labute approximate surface area is 395 Å². The second-order valence-electron chi connectivity index (χ2n) is 17.3. The number of likely N-dealkylation sites (N-methyl/N-ethyl adjacent to an activating group) is 1. The van der Waals surface area contributed by atoms with Gasteiger partial charge in [-0.2, -0.15) is 42.1 Å². The third-order valence-corrected chi connectivity index (χ3v) is 17.1. The monoisotopic (exact) mass is 1040 g/mol. The maximum absolute atomic E-state index is 12.8. The van der Waals surface area contributed by atoms with Crippen LogP contribution in [0, 0.1) is 0 Å². The van der Waals surface area contributed by atoms with Gasteiger partial charge >= 0.3 is 5.97 Å². The van der Waals surface area contributed by atoms with E-state index in [0.29, 0.717) is 60.6 Å². The number of carbonyl (C=O) groups is 1. The molecule has 0 fully saturated rings. The molecule has 0 amide bonds. The summed E-state index contributed by atoms with van der Waals surface area (Å²) in [5, 5.41) is 9.22. The first-order valence-electron chi connectivity index (χ1n) is 21.1. The average molecular weight is 1050 g/mol. The van der Waals surface area contributed by atoms with Crippen molar-refractivity contribution in [3.8, 4) is 0 Å². The second-order valence-corrected chi connectivity index (χ2v) is 24.5. The molecule has 6 N–H and O–H groups in total. The van der Waals surface area contributed by atoms with Crippen molar-refractivity contribution in [2.24, 2.45) is 0 Å². The molecule has 3 unspecified atom stereocenters. The van der Waals surface area contributed by atoms with Crippen molar-refractivity contribution in [2.75, 3.05) is 42.4 Å². The predicted octanol–water partition coefficient (Wildman–Crippen LogP) is 6.01. The standard InChI is InChI=1S/C43H52N2O18S5/c1-5-44-33-16-14-29-31(23-27(65(51,52)53)25-35(29)67(57,58)59)40(33)43(3,19-21-63-4)37(44)11-9-12-38-42(2,18-10-22-64(48,49)50)41-32-24-28(66(54,55)56)26-36(68(60,61)62)30(32)15-17-34(41)45(38)20-8-6-7-13-39(46)47/h9,11-12,14-17,23-26,37H,5-8,10,13,18-22H2,1-4H3,(H,46,47)(H,48,49,50)(H,51,52,53)(H,54,55,56)(H,57,58,59)(H,60,61,62). The van der Waals surface area contributed by atoms with Crippen LogP contribution >= 0.6 is 0 Å². The Morgan fingerprint density at radius 3 is 1.72 bits per heavy atom. The van der Waals surface area contributed by atoms with Crippen LogP contribution in [0.2, 0.25) is 0 Å². The van der Waals surface area contributed by atoms with E-state index in [1.165, 1.54) is 19.2 Å². The highest BCUT2D eigenvalue weighted by Gasteiger charge is 2.48. The number of rotatable bonds is 20. The Kier molecular flexibility index (Phi) is 14.8. The molecule has 0 spiro atoms. The molecule has 0 radical (unpaired) electrons. The van der Waals surface area contributed by atoms with Crippen molar-refractivity contribution in [2.45, 2.75) is 102 Å². The van der Waals surface area contributed by atoms with Gasteiger partial charge in [0, 0.05) is 71.9 Å². The van der Waals surface area contributed by atoms with Gasteiger partial charge in [0.25, 0.3) is 50.6 Å². The number of allylic oxidation sites excluding steroid dienone is 3. The van der Waals surface area contributed by atoms with E-state index in [-0.39, 0.29) is 65.9 Å². The molecule has 4 aromatic carbocycles. The maximum atomic E-state index is 12.8. The van der Waals surface area contributed by atoms with Gasteiger partial charge in [-0.25, -0.2) is 0 Å². The molecule has 2 aliphatic heterocycles. The lowest BCUT2D eigenvalue weighted by molar-refractivity contribution is -0.137. The van der Waals surface area contributed by atoms with Crippen molar-refractivity contribution in [1.82, 2.24) is 0 Å². The molecule has 0 saturated carbocycles. The largest absolute Gasteiger partial charge is 0.481 e. The van der Waals surface area contributed by atoms with Crippen molar-refractivity contribution in [1.29, 1.82) is 0 Å². The third-order valence-electron chi connectivity index (χ3n) is 12.9.